The Morgan fingerprint density at radius 1 is 1.39 bits per heavy atom. The van der Waals surface area contributed by atoms with E-state index >= 15 is 0 Å². The van der Waals surface area contributed by atoms with E-state index in [9.17, 15) is 0 Å². The summed E-state index contributed by atoms with van der Waals surface area (Å²) in [6, 6.07) is 3.69. The number of rotatable bonds is 3. The van der Waals surface area contributed by atoms with Gasteiger partial charge in [0.1, 0.15) is 17.6 Å². The summed E-state index contributed by atoms with van der Waals surface area (Å²) >= 11 is 0. The number of hydrogen-bond acceptors (Lipinski definition) is 5. The number of aryl methyl sites for hydroxylation is 1. The van der Waals surface area contributed by atoms with Crippen molar-refractivity contribution in [3.63, 3.8) is 0 Å². The van der Waals surface area contributed by atoms with E-state index < -0.39 is 0 Å². The summed E-state index contributed by atoms with van der Waals surface area (Å²) in [6.07, 6.45) is 5.28. The quantitative estimate of drug-likeness (QED) is 0.763. The lowest BCUT2D eigenvalue weighted by atomic mass is 10.3. The molecule has 3 heterocycles. The van der Waals surface area contributed by atoms with Crippen molar-refractivity contribution in [2.45, 2.75) is 19.9 Å². The lowest BCUT2D eigenvalue weighted by molar-refractivity contribution is 0.453. The number of oxazole rings is 1. The Labute approximate surface area is 104 Å². The minimum absolute atomic E-state index is 0.0310. The van der Waals surface area contributed by atoms with Crippen LogP contribution >= 0.6 is 0 Å². The zero-order chi connectivity index (χ0) is 12.5. The van der Waals surface area contributed by atoms with Gasteiger partial charge in [-0.3, -0.25) is 0 Å². The minimum Gasteiger partial charge on any atom is -0.444 e. The van der Waals surface area contributed by atoms with Crippen molar-refractivity contribution in [2.75, 3.05) is 5.32 Å². The van der Waals surface area contributed by atoms with Crippen molar-refractivity contribution >= 4 is 11.5 Å². The smallest absolute Gasteiger partial charge is 0.216 e. The molecule has 0 saturated carbocycles. The summed E-state index contributed by atoms with van der Waals surface area (Å²) in [5.74, 6) is 2.23. The summed E-state index contributed by atoms with van der Waals surface area (Å²) in [6.45, 7) is 3.85. The molecule has 0 aliphatic heterocycles. The van der Waals surface area contributed by atoms with Crippen molar-refractivity contribution in [1.29, 1.82) is 0 Å². The molecule has 0 saturated heterocycles. The first-order chi connectivity index (χ1) is 8.72. The normalized spacial score (nSPS) is 12.8. The van der Waals surface area contributed by atoms with Gasteiger partial charge in [-0.2, -0.15) is 5.10 Å². The lowest BCUT2D eigenvalue weighted by Crippen LogP contribution is -2.08. The Morgan fingerprint density at radius 3 is 3.06 bits per heavy atom. The van der Waals surface area contributed by atoms with Crippen molar-refractivity contribution in [3.8, 4) is 0 Å². The van der Waals surface area contributed by atoms with Gasteiger partial charge in [0.25, 0.3) is 0 Å². The Balaban J connectivity index is 1.83. The van der Waals surface area contributed by atoms with E-state index in [0.29, 0.717) is 5.89 Å². The zero-order valence-electron chi connectivity index (χ0n) is 10.2. The molecule has 0 aromatic carbocycles. The summed E-state index contributed by atoms with van der Waals surface area (Å²) in [7, 11) is 0. The second-order valence-electron chi connectivity index (χ2n) is 4.12. The molecule has 3 aromatic rings. The molecule has 1 atom stereocenters. The van der Waals surface area contributed by atoms with Crippen LogP contribution in [0.3, 0.4) is 0 Å². The van der Waals surface area contributed by atoms with Crippen LogP contribution in [0.1, 0.15) is 24.6 Å². The van der Waals surface area contributed by atoms with Gasteiger partial charge in [0, 0.05) is 12.3 Å². The Morgan fingerprint density at radius 2 is 2.28 bits per heavy atom. The lowest BCUT2D eigenvalue weighted by Gasteiger charge is -2.10. The van der Waals surface area contributed by atoms with Crippen molar-refractivity contribution in [2.24, 2.45) is 0 Å². The number of nitrogens with zero attached hydrogens (tertiary/aromatic N) is 4. The van der Waals surface area contributed by atoms with Crippen LogP contribution in [0.4, 0.5) is 5.82 Å². The molecule has 0 radical (unpaired) electrons. The van der Waals surface area contributed by atoms with E-state index in [-0.39, 0.29) is 6.04 Å². The molecule has 0 amide bonds. The van der Waals surface area contributed by atoms with Crippen LogP contribution < -0.4 is 5.32 Å². The zero-order valence-corrected chi connectivity index (χ0v) is 10.2. The molecule has 0 bridgehead atoms. The van der Waals surface area contributed by atoms with Crippen molar-refractivity contribution < 1.29 is 4.42 Å². The molecule has 18 heavy (non-hydrogen) atoms. The monoisotopic (exact) mass is 243 g/mol. The fourth-order valence-electron chi connectivity index (χ4n) is 1.75. The van der Waals surface area contributed by atoms with Crippen LogP contribution in [0, 0.1) is 6.92 Å². The molecule has 0 aliphatic rings. The average Bonchev–Trinajstić information content (AvgIpc) is 2.96. The SMILES string of the molecule is Cc1cnc(C(C)Nc2ccn3nccc3n2)o1. The maximum Gasteiger partial charge on any atom is 0.216 e. The topological polar surface area (TPSA) is 68.2 Å². The Bertz CT molecular complexity index is 672. The largest absolute Gasteiger partial charge is 0.444 e. The molecule has 1 unspecified atom stereocenters. The van der Waals surface area contributed by atoms with Crippen LogP contribution in [-0.2, 0) is 0 Å². The Hall–Kier alpha value is -2.37. The minimum atomic E-state index is -0.0310. The van der Waals surface area contributed by atoms with E-state index in [1.807, 2.05) is 32.2 Å². The third-order valence-electron chi connectivity index (χ3n) is 2.63. The number of aromatic nitrogens is 4. The summed E-state index contributed by atoms with van der Waals surface area (Å²) < 4.78 is 7.18. The van der Waals surface area contributed by atoms with Crippen LogP contribution in [0.2, 0.25) is 0 Å². The van der Waals surface area contributed by atoms with Crippen LogP contribution in [0.25, 0.3) is 5.65 Å². The molecular weight excluding hydrogens is 230 g/mol. The molecule has 3 rings (SSSR count). The Kier molecular flexibility index (Phi) is 2.47. The molecule has 1 N–H and O–H groups in total. The molecule has 0 aliphatic carbocycles. The van der Waals surface area contributed by atoms with E-state index in [1.165, 1.54) is 0 Å². The molecular formula is C12H13N5O. The van der Waals surface area contributed by atoms with Crippen molar-refractivity contribution in [3.05, 3.63) is 42.4 Å². The summed E-state index contributed by atoms with van der Waals surface area (Å²) in [4.78, 5) is 8.62. The summed E-state index contributed by atoms with van der Waals surface area (Å²) in [5.41, 5.74) is 0.802. The second-order valence-corrected chi connectivity index (χ2v) is 4.12. The number of fused-ring (bicyclic) bond motifs is 1. The van der Waals surface area contributed by atoms with Gasteiger partial charge in [-0.1, -0.05) is 0 Å². The standard InChI is InChI=1S/C12H13N5O/c1-8-7-13-12(18-8)9(2)15-10-4-6-17-11(16-10)3-5-14-17/h3-7,9H,1-2H3,(H,15,16). The number of hydrogen-bond donors (Lipinski definition) is 1. The van der Waals surface area contributed by atoms with Gasteiger partial charge in [0.05, 0.1) is 12.4 Å². The van der Waals surface area contributed by atoms with Gasteiger partial charge < -0.3 is 9.73 Å². The van der Waals surface area contributed by atoms with E-state index in [4.69, 9.17) is 4.42 Å². The highest BCUT2D eigenvalue weighted by Crippen LogP contribution is 2.17. The highest BCUT2D eigenvalue weighted by molar-refractivity contribution is 5.46. The van der Waals surface area contributed by atoms with E-state index in [2.05, 4.69) is 20.4 Å². The van der Waals surface area contributed by atoms with E-state index in [1.54, 1.807) is 16.9 Å². The van der Waals surface area contributed by atoms with E-state index in [0.717, 1.165) is 17.2 Å². The van der Waals surface area contributed by atoms with Gasteiger partial charge in [-0.15, -0.1) is 0 Å². The maximum atomic E-state index is 5.47. The van der Waals surface area contributed by atoms with Gasteiger partial charge in [-0.05, 0) is 19.9 Å². The highest BCUT2D eigenvalue weighted by atomic mass is 16.4. The predicted molar refractivity (Wildman–Crippen MR) is 66.3 cm³/mol. The molecule has 0 spiro atoms. The second kappa shape index (κ2) is 4.14. The highest BCUT2D eigenvalue weighted by Gasteiger charge is 2.11. The first-order valence-corrected chi connectivity index (χ1v) is 5.71. The molecule has 3 aromatic heterocycles. The van der Waals surface area contributed by atoms with Gasteiger partial charge in [0.2, 0.25) is 5.89 Å². The predicted octanol–water partition coefficient (Wildman–Crippen LogP) is 2.20. The fourth-order valence-corrected chi connectivity index (χ4v) is 1.75. The molecule has 0 fully saturated rings. The van der Waals surface area contributed by atoms with Crippen LogP contribution in [0.15, 0.2) is 35.1 Å². The molecule has 6 nitrogen and oxygen atoms in total. The maximum absolute atomic E-state index is 5.47. The molecule has 92 valence electrons. The summed E-state index contributed by atoms with van der Waals surface area (Å²) in [5, 5.41) is 7.34. The first kappa shape index (κ1) is 10.8. The third kappa shape index (κ3) is 1.92. The fraction of sp³-hybridized carbons (Fsp3) is 0.250. The number of anilines is 1. The van der Waals surface area contributed by atoms with Gasteiger partial charge in [-0.25, -0.2) is 14.5 Å². The van der Waals surface area contributed by atoms with Crippen LogP contribution in [-0.4, -0.2) is 19.6 Å². The average molecular weight is 243 g/mol. The van der Waals surface area contributed by atoms with Crippen molar-refractivity contribution in [1.82, 2.24) is 19.6 Å². The molecule has 6 heteroatoms. The van der Waals surface area contributed by atoms with Gasteiger partial charge in [0.15, 0.2) is 5.65 Å². The third-order valence-corrected chi connectivity index (χ3v) is 2.63. The number of nitrogens with one attached hydrogen (secondary N) is 1. The van der Waals surface area contributed by atoms with Gasteiger partial charge >= 0.3 is 0 Å². The first-order valence-electron chi connectivity index (χ1n) is 5.71. The van der Waals surface area contributed by atoms with Crippen LogP contribution in [0.5, 0.6) is 0 Å².